The molecule has 1 fully saturated rings. The van der Waals surface area contributed by atoms with E-state index in [1.165, 1.54) is 11.8 Å². The maximum absolute atomic E-state index is 12.6. The van der Waals surface area contributed by atoms with Crippen molar-refractivity contribution in [2.24, 2.45) is 0 Å². The van der Waals surface area contributed by atoms with Crippen molar-refractivity contribution in [3.05, 3.63) is 66.4 Å². The molecule has 0 atom stereocenters. The molecule has 0 bridgehead atoms. The number of amides is 2. The number of carbonyl (C=O) groups excluding carboxylic acids is 2. The van der Waals surface area contributed by atoms with Crippen LogP contribution in [0.15, 0.2) is 65.8 Å². The fourth-order valence-electron chi connectivity index (χ4n) is 3.84. The van der Waals surface area contributed by atoms with Crippen molar-refractivity contribution in [3.63, 3.8) is 0 Å². The summed E-state index contributed by atoms with van der Waals surface area (Å²) in [5.74, 6) is 0.365. The molecule has 2 aromatic carbocycles. The normalized spacial score (nSPS) is 14.5. The maximum Gasteiger partial charge on any atom is 0.234 e. The molecule has 0 radical (unpaired) electrons. The van der Waals surface area contributed by atoms with Gasteiger partial charge in [0.1, 0.15) is 5.03 Å². The van der Waals surface area contributed by atoms with Gasteiger partial charge in [0.05, 0.1) is 12.2 Å². The average molecular weight is 449 g/mol. The first-order valence-corrected chi connectivity index (χ1v) is 12.0. The number of anilines is 1. The molecule has 6 nitrogen and oxygen atoms in total. The molecule has 0 saturated carbocycles. The number of fused-ring (bicyclic) bond motifs is 1. The first-order valence-electron chi connectivity index (χ1n) is 11.0. The van der Waals surface area contributed by atoms with Crippen LogP contribution in [0, 0.1) is 0 Å². The van der Waals surface area contributed by atoms with Gasteiger partial charge in [-0.25, -0.2) is 4.98 Å². The van der Waals surface area contributed by atoms with Gasteiger partial charge in [-0.3, -0.25) is 9.59 Å². The molecule has 1 aliphatic heterocycles. The molecular weight excluding hydrogens is 420 g/mol. The molecule has 4 rings (SSSR count). The highest BCUT2D eigenvalue weighted by atomic mass is 32.2. The number of hydrogen-bond donors (Lipinski definition) is 1. The molecular formula is C25H28N4O2S. The largest absolute Gasteiger partial charge is 0.340 e. The van der Waals surface area contributed by atoms with Gasteiger partial charge in [-0.15, -0.1) is 0 Å². The van der Waals surface area contributed by atoms with E-state index in [-0.39, 0.29) is 17.6 Å². The zero-order valence-electron chi connectivity index (χ0n) is 18.3. The van der Waals surface area contributed by atoms with Crippen LogP contribution in [0.25, 0.3) is 10.8 Å². The second-order valence-electron chi connectivity index (χ2n) is 7.86. The van der Waals surface area contributed by atoms with E-state index in [1.807, 2.05) is 59.5 Å². The van der Waals surface area contributed by atoms with Crippen LogP contribution < -0.4 is 5.32 Å². The van der Waals surface area contributed by atoms with Crippen LogP contribution in [0.1, 0.15) is 12.5 Å². The van der Waals surface area contributed by atoms with Crippen LogP contribution in [-0.4, -0.2) is 65.1 Å². The summed E-state index contributed by atoms with van der Waals surface area (Å²) in [7, 11) is 0. The average Bonchev–Trinajstić information content (AvgIpc) is 2.84. The van der Waals surface area contributed by atoms with E-state index in [2.05, 4.69) is 22.1 Å². The molecule has 32 heavy (non-hydrogen) atoms. The second-order valence-corrected chi connectivity index (χ2v) is 8.83. The summed E-state index contributed by atoms with van der Waals surface area (Å²) < 4.78 is 0. The van der Waals surface area contributed by atoms with Crippen LogP contribution in [-0.2, 0) is 16.0 Å². The molecule has 1 saturated heterocycles. The molecule has 7 heteroatoms. The summed E-state index contributed by atoms with van der Waals surface area (Å²) in [5, 5.41) is 5.95. The number of aromatic nitrogens is 1. The molecule has 2 amide bonds. The summed E-state index contributed by atoms with van der Waals surface area (Å²) in [6.45, 7) is 6.66. The summed E-state index contributed by atoms with van der Waals surface area (Å²) >= 11 is 1.43. The Hall–Kier alpha value is -2.90. The number of likely N-dealkylation sites (N-methyl/N-ethyl adjacent to an activating group) is 1. The monoisotopic (exact) mass is 448 g/mol. The van der Waals surface area contributed by atoms with E-state index in [0.717, 1.165) is 59.8 Å². The molecule has 1 aliphatic rings. The van der Waals surface area contributed by atoms with Crippen molar-refractivity contribution in [2.45, 2.75) is 18.4 Å². The van der Waals surface area contributed by atoms with E-state index < -0.39 is 0 Å². The number of pyridine rings is 1. The maximum atomic E-state index is 12.6. The summed E-state index contributed by atoms with van der Waals surface area (Å²) in [4.78, 5) is 33.7. The van der Waals surface area contributed by atoms with Gasteiger partial charge < -0.3 is 15.1 Å². The van der Waals surface area contributed by atoms with E-state index in [0.29, 0.717) is 6.42 Å². The number of thioether (sulfide) groups is 1. The number of hydrogen-bond acceptors (Lipinski definition) is 5. The summed E-state index contributed by atoms with van der Waals surface area (Å²) in [5.41, 5.74) is 1.69. The van der Waals surface area contributed by atoms with Gasteiger partial charge in [0, 0.05) is 43.4 Å². The molecule has 3 aromatic rings. The van der Waals surface area contributed by atoms with E-state index in [4.69, 9.17) is 0 Å². The second kappa shape index (κ2) is 10.6. The predicted molar refractivity (Wildman–Crippen MR) is 130 cm³/mol. The highest BCUT2D eigenvalue weighted by molar-refractivity contribution is 8.00. The standard InChI is InChI=1S/C25H28N4O2S/c1-2-28-13-15-29(16-14-28)24(31)17-19-7-9-21(10-8-19)27-23(30)18-32-25-22-6-4-3-5-20(22)11-12-26-25/h3-12H,2,13-18H2,1H3,(H,27,30). The number of nitrogens with zero attached hydrogens (tertiary/aromatic N) is 3. The Morgan fingerprint density at radius 2 is 1.75 bits per heavy atom. The Balaban J connectivity index is 1.27. The number of rotatable bonds is 7. The topological polar surface area (TPSA) is 65.5 Å². The zero-order valence-corrected chi connectivity index (χ0v) is 19.1. The lowest BCUT2D eigenvalue weighted by Crippen LogP contribution is -2.48. The first kappa shape index (κ1) is 22.3. The highest BCUT2D eigenvalue weighted by Gasteiger charge is 2.20. The van der Waals surface area contributed by atoms with Gasteiger partial charge in [0.15, 0.2) is 0 Å². The van der Waals surface area contributed by atoms with Gasteiger partial charge >= 0.3 is 0 Å². The quantitative estimate of drug-likeness (QED) is 0.559. The van der Waals surface area contributed by atoms with Crippen molar-refractivity contribution in [2.75, 3.05) is 43.8 Å². The Morgan fingerprint density at radius 3 is 2.50 bits per heavy atom. The molecule has 2 heterocycles. The minimum atomic E-state index is -0.0812. The van der Waals surface area contributed by atoms with E-state index >= 15 is 0 Å². The third-order valence-electron chi connectivity index (χ3n) is 5.74. The van der Waals surface area contributed by atoms with Gasteiger partial charge in [0.2, 0.25) is 11.8 Å². The van der Waals surface area contributed by atoms with Gasteiger partial charge in [-0.2, -0.15) is 0 Å². The fraction of sp³-hybridized carbons (Fsp3) is 0.320. The van der Waals surface area contributed by atoms with Crippen LogP contribution in [0.4, 0.5) is 5.69 Å². The Bertz CT molecular complexity index is 1070. The lowest BCUT2D eigenvalue weighted by Gasteiger charge is -2.34. The third kappa shape index (κ3) is 5.66. The van der Waals surface area contributed by atoms with Crippen molar-refractivity contribution in [1.82, 2.24) is 14.8 Å². The number of benzene rings is 2. The highest BCUT2D eigenvalue weighted by Crippen LogP contribution is 2.25. The summed E-state index contributed by atoms with van der Waals surface area (Å²) in [6, 6.07) is 17.5. The minimum Gasteiger partial charge on any atom is -0.340 e. The summed E-state index contributed by atoms with van der Waals surface area (Å²) in [6.07, 6.45) is 2.16. The van der Waals surface area contributed by atoms with E-state index in [9.17, 15) is 9.59 Å². The Labute approximate surface area is 193 Å². The fourth-order valence-corrected chi connectivity index (χ4v) is 4.66. The van der Waals surface area contributed by atoms with Gasteiger partial charge in [-0.05, 0) is 35.7 Å². The van der Waals surface area contributed by atoms with Crippen molar-refractivity contribution in [3.8, 4) is 0 Å². The Kier molecular flexibility index (Phi) is 7.39. The molecule has 1 aromatic heterocycles. The molecule has 0 spiro atoms. The smallest absolute Gasteiger partial charge is 0.234 e. The molecule has 1 N–H and O–H groups in total. The van der Waals surface area contributed by atoms with Gasteiger partial charge in [0.25, 0.3) is 0 Å². The van der Waals surface area contributed by atoms with Crippen molar-refractivity contribution in [1.29, 1.82) is 0 Å². The lowest BCUT2D eigenvalue weighted by atomic mass is 10.1. The van der Waals surface area contributed by atoms with Crippen molar-refractivity contribution < 1.29 is 9.59 Å². The van der Waals surface area contributed by atoms with Crippen LogP contribution >= 0.6 is 11.8 Å². The van der Waals surface area contributed by atoms with Crippen LogP contribution in [0.3, 0.4) is 0 Å². The van der Waals surface area contributed by atoms with Gasteiger partial charge in [-0.1, -0.05) is 55.1 Å². The molecule has 0 aliphatic carbocycles. The SMILES string of the molecule is CCN1CCN(C(=O)Cc2ccc(NC(=O)CSc3nccc4ccccc34)cc2)CC1. The Morgan fingerprint density at radius 1 is 1.00 bits per heavy atom. The number of piperazine rings is 1. The first-order chi connectivity index (χ1) is 15.6. The molecule has 0 unspecified atom stereocenters. The minimum absolute atomic E-state index is 0.0812. The van der Waals surface area contributed by atoms with Crippen LogP contribution in [0.5, 0.6) is 0 Å². The van der Waals surface area contributed by atoms with Crippen LogP contribution in [0.2, 0.25) is 0 Å². The number of nitrogens with one attached hydrogen (secondary N) is 1. The third-order valence-corrected chi connectivity index (χ3v) is 6.75. The predicted octanol–water partition coefficient (Wildman–Crippen LogP) is 3.67. The zero-order chi connectivity index (χ0) is 22.3. The molecule has 166 valence electrons. The number of carbonyl (C=O) groups is 2. The van der Waals surface area contributed by atoms with Crippen molar-refractivity contribution >= 4 is 40.0 Å². The lowest BCUT2D eigenvalue weighted by molar-refractivity contribution is -0.132. The van der Waals surface area contributed by atoms with E-state index in [1.54, 1.807) is 6.20 Å².